The zero-order chi connectivity index (χ0) is 7.82. The topological polar surface area (TPSA) is 38.3 Å². The van der Waals surface area contributed by atoms with E-state index in [9.17, 15) is 9.18 Å². The third-order valence-electron chi connectivity index (χ3n) is 0.842. The van der Waals surface area contributed by atoms with Gasteiger partial charge in [-0.25, -0.2) is 4.39 Å². The van der Waals surface area contributed by atoms with E-state index in [1.165, 1.54) is 6.92 Å². The van der Waals surface area contributed by atoms with Crippen molar-refractivity contribution in [2.24, 2.45) is 0 Å². The van der Waals surface area contributed by atoms with Crippen molar-refractivity contribution in [1.29, 1.82) is 0 Å². The molecule has 0 radical (unpaired) electrons. The Hall–Kier alpha value is -0.640. The summed E-state index contributed by atoms with van der Waals surface area (Å²) in [7, 11) is 0. The first-order valence-corrected chi connectivity index (χ1v) is 3.15. The molecule has 1 amide bonds. The maximum absolute atomic E-state index is 11.4. The Kier molecular flexibility index (Phi) is 6.06. The molecule has 0 aromatic rings. The van der Waals surface area contributed by atoms with Gasteiger partial charge in [0.25, 0.3) is 0 Å². The van der Waals surface area contributed by atoms with E-state index in [-0.39, 0.29) is 12.5 Å². The molecule has 1 N–H and O–H groups in total. The van der Waals surface area contributed by atoms with Crippen LogP contribution in [0, 0.1) is 0 Å². The molecule has 0 rings (SSSR count). The fraction of sp³-hybridized carbons (Fsp3) is 0.833. The van der Waals surface area contributed by atoms with Gasteiger partial charge in [0, 0.05) is 13.5 Å². The van der Waals surface area contributed by atoms with Crippen LogP contribution in [0.2, 0.25) is 0 Å². The van der Waals surface area contributed by atoms with E-state index < -0.39 is 6.67 Å². The van der Waals surface area contributed by atoms with Crippen LogP contribution in [-0.2, 0) is 9.53 Å². The molecule has 0 bridgehead atoms. The molecule has 0 aliphatic heterocycles. The molecule has 0 heterocycles. The van der Waals surface area contributed by atoms with Crippen molar-refractivity contribution in [2.45, 2.75) is 6.92 Å². The lowest BCUT2D eigenvalue weighted by molar-refractivity contribution is -0.119. The molecule has 3 nitrogen and oxygen atoms in total. The number of carbonyl (C=O) groups excluding carboxylic acids is 1. The van der Waals surface area contributed by atoms with Crippen molar-refractivity contribution in [3.8, 4) is 0 Å². The predicted molar refractivity (Wildman–Crippen MR) is 35.5 cm³/mol. The maximum Gasteiger partial charge on any atom is 0.216 e. The van der Waals surface area contributed by atoms with Crippen LogP contribution in [0.4, 0.5) is 4.39 Å². The van der Waals surface area contributed by atoms with Gasteiger partial charge in [-0.3, -0.25) is 4.79 Å². The summed E-state index contributed by atoms with van der Waals surface area (Å²) in [6.07, 6.45) is 0. The van der Waals surface area contributed by atoms with E-state index >= 15 is 0 Å². The van der Waals surface area contributed by atoms with Crippen LogP contribution in [0.5, 0.6) is 0 Å². The van der Waals surface area contributed by atoms with Crippen LogP contribution in [0.15, 0.2) is 0 Å². The van der Waals surface area contributed by atoms with E-state index in [1.807, 2.05) is 0 Å². The number of rotatable bonds is 5. The molecule has 0 atom stereocenters. The third-order valence-corrected chi connectivity index (χ3v) is 0.842. The van der Waals surface area contributed by atoms with Crippen LogP contribution < -0.4 is 5.32 Å². The lowest BCUT2D eigenvalue weighted by Crippen LogP contribution is -2.24. The second kappa shape index (κ2) is 6.48. The SMILES string of the molecule is CC(=O)NCCOCCF. The third kappa shape index (κ3) is 7.36. The fourth-order valence-electron chi connectivity index (χ4n) is 0.456. The minimum atomic E-state index is -0.472. The van der Waals surface area contributed by atoms with Gasteiger partial charge in [-0.2, -0.15) is 0 Å². The smallest absolute Gasteiger partial charge is 0.216 e. The summed E-state index contributed by atoms with van der Waals surface area (Å²) in [5.41, 5.74) is 0. The number of halogens is 1. The molecule has 0 saturated heterocycles. The van der Waals surface area contributed by atoms with Crippen LogP contribution in [-0.4, -0.2) is 32.3 Å². The average Bonchev–Trinajstić information content (AvgIpc) is 1.87. The molecular weight excluding hydrogens is 137 g/mol. The van der Waals surface area contributed by atoms with E-state index in [0.717, 1.165) is 0 Å². The van der Waals surface area contributed by atoms with E-state index in [2.05, 4.69) is 5.32 Å². The van der Waals surface area contributed by atoms with E-state index in [4.69, 9.17) is 4.74 Å². The van der Waals surface area contributed by atoms with Crippen molar-refractivity contribution < 1.29 is 13.9 Å². The summed E-state index contributed by atoms with van der Waals surface area (Å²) in [6.45, 7) is 1.90. The number of amides is 1. The van der Waals surface area contributed by atoms with Crippen molar-refractivity contribution in [2.75, 3.05) is 26.4 Å². The summed E-state index contributed by atoms with van der Waals surface area (Å²) in [5, 5.41) is 2.52. The Bertz CT molecular complexity index is 97.7. The zero-order valence-electron chi connectivity index (χ0n) is 6.02. The summed E-state index contributed by atoms with van der Waals surface area (Å²) in [6, 6.07) is 0. The van der Waals surface area contributed by atoms with E-state index in [1.54, 1.807) is 0 Å². The van der Waals surface area contributed by atoms with Gasteiger partial charge in [-0.05, 0) is 0 Å². The van der Waals surface area contributed by atoms with Gasteiger partial charge in [0.1, 0.15) is 6.67 Å². The summed E-state index contributed by atoms with van der Waals surface area (Å²) in [5.74, 6) is -0.0937. The quantitative estimate of drug-likeness (QED) is 0.563. The first-order valence-electron chi connectivity index (χ1n) is 3.15. The minimum absolute atomic E-state index is 0.0937. The fourth-order valence-corrected chi connectivity index (χ4v) is 0.456. The second-order valence-corrected chi connectivity index (χ2v) is 1.78. The molecule has 10 heavy (non-hydrogen) atoms. The molecule has 0 unspecified atom stereocenters. The number of ether oxygens (including phenoxy) is 1. The summed E-state index contributed by atoms with van der Waals surface area (Å²) >= 11 is 0. The molecule has 4 heteroatoms. The molecule has 0 fully saturated rings. The van der Waals surface area contributed by atoms with Crippen LogP contribution >= 0.6 is 0 Å². The van der Waals surface area contributed by atoms with Crippen LogP contribution in [0.1, 0.15) is 6.92 Å². The minimum Gasteiger partial charge on any atom is -0.377 e. The summed E-state index contributed by atoms with van der Waals surface area (Å²) < 4.78 is 16.1. The highest BCUT2D eigenvalue weighted by molar-refractivity contribution is 5.72. The number of nitrogens with one attached hydrogen (secondary N) is 1. The first kappa shape index (κ1) is 9.36. The Morgan fingerprint density at radius 1 is 1.60 bits per heavy atom. The number of carbonyl (C=O) groups is 1. The Morgan fingerprint density at radius 3 is 2.80 bits per heavy atom. The van der Waals surface area contributed by atoms with Crippen molar-refractivity contribution in [1.82, 2.24) is 5.32 Å². The first-order chi connectivity index (χ1) is 4.77. The number of hydrogen-bond donors (Lipinski definition) is 1. The zero-order valence-corrected chi connectivity index (χ0v) is 6.02. The largest absolute Gasteiger partial charge is 0.377 e. The molecular formula is C6H12FNO2. The van der Waals surface area contributed by atoms with Crippen molar-refractivity contribution in [3.63, 3.8) is 0 Å². The molecule has 0 aliphatic rings. The van der Waals surface area contributed by atoms with Gasteiger partial charge in [-0.1, -0.05) is 0 Å². The number of hydrogen-bond acceptors (Lipinski definition) is 2. The highest BCUT2D eigenvalue weighted by atomic mass is 19.1. The summed E-state index contributed by atoms with van der Waals surface area (Å²) in [4.78, 5) is 10.2. The average molecular weight is 149 g/mol. The van der Waals surface area contributed by atoms with Gasteiger partial charge in [0.05, 0.1) is 13.2 Å². The Balaban J connectivity index is 2.84. The van der Waals surface area contributed by atoms with Gasteiger partial charge in [0.15, 0.2) is 0 Å². The standard InChI is InChI=1S/C6H12FNO2/c1-6(9)8-3-5-10-4-2-7/h2-5H2,1H3,(H,8,9). The molecule has 0 saturated carbocycles. The lowest BCUT2D eigenvalue weighted by atomic mass is 10.6. The van der Waals surface area contributed by atoms with Crippen molar-refractivity contribution in [3.05, 3.63) is 0 Å². The van der Waals surface area contributed by atoms with Crippen molar-refractivity contribution >= 4 is 5.91 Å². The normalized spacial score (nSPS) is 9.40. The maximum atomic E-state index is 11.4. The monoisotopic (exact) mass is 149 g/mol. The van der Waals surface area contributed by atoms with Crippen LogP contribution in [0.25, 0.3) is 0 Å². The molecule has 0 spiro atoms. The Labute approximate surface area is 59.6 Å². The molecule has 0 aromatic heterocycles. The molecule has 0 aromatic carbocycles. The highest BCUT2D eigenvalue weighted by Gasteiger charge is 1.89. The van der Waals surface area contributed by atoms with Crippen LogP contribution in [0.3, 0.4) is 0 Å². The predicted octanol–water partition coefficient (Wildman–Crippen LogP) is 0.109. The van der Waals surface area contributed by atoms with Gasteiger partial charge in [0.2, 0.25) is 5.91 Å². The van der Waals surface area contributed by atoms with Gasteiger partial charge >= 0.3 is 0 Å². The lowest BCUT2D eigenvalue weighted by Gasteiger charge is -2.01. The molecule has 60 valence electrons. The number of alkyl halides is 1. The second-order valence-electron chi connectivity index (χ2n) is 1.78. The van der Waals surface area contributed by atoms with Gasteiger partial charge in [-0.15, -0.1) is 0 Å². The molecule has 0 aliphatic carbocycles. The van der Waals surface area contributed by atoms with Gasteiger partial charge < -0.3 is 10.1 Å². The highest BCUT2D eigenvalue weighted by Crippen LogP contribution is 1.73. The Morgan fingerprint density at radius 2 is 2.30 bits per heavy atom. The van der Waals surface area contributed by atoms with E-state index in [0.29, 0.717) is 13.2 Å².